The van der Waals surface area contributed by atoms with E-state index >= 15 is 0 Å². The van der Waals surface area contributed by atoms with E-state index in [0.29, 0.717) is 47.9 Å². The summed E-state index contributed by atoms with van der Waals surface area (Å²) in [4.78, 5) is 0. The van der Waals surface area contributed by atoms with E-state index < -0.39 is 0 Å². The van der Waals surface area contributed by atoms with E-state index in [2.05, 4.69) is 108 Å². The topological polar surface area (TPSA) is 68.8 Å². The van der Waals surface area contributed by atoms with E-state index in [4.69, 9.17) is 9.47 Å². The number of nitrogens with zero attached hydrogens (tertiary/aromatic N) is 2. The Morgan fingerprint density at radius 2 is 0.800 bits per heavy atom. The van der Waals surface area contributed by atoms with Gasteiger partial charge in [0.1, 0.15) is 17.2 Å². The van der Waals surface area contributed by atoms with E-state index in [9.17, 15) is 10.2 Å². The van der Waals surface area contributed by atoms with E-state index in [0.717, 1.165) is 71.4 Å². The van der Waals surface area contributed by atoms with Gasteiger partial charge in [0.15, 0.2) is 0 Å². The average molecular weight is 723 g/mol. The largest absolute Gasteiger partial charge is 0.505 e. The van der Waals surface area contributed by atoms with Crippen molar-refractivity contribution in [1.82, 2.24) is 9.13 Å². The standard InChI is InChI=1S/C49H42N2O4/c1-30-26-39(37-24-31(2)28-45(47(37)52)50-41-18-9-5-14-33(41)34-15-6-10-19-42(34)50)49(55-23-13-22-54-4)40(27-30)38-25-32(3)29-46(48(38)53)51-43-20-11-7-16-35(43)36-17-8-12-21-44(36)51/h5-12,14-21,24-29,52-53H,13,22-23H2,1-4H3. The molecule has 0 fully saturated rings. The fourth-order valence-electron chi connectivity index (χ4n) is 8.34. The summed E-state index contributed by atoms with van der Waals surface area (Å²) >= 11 is 0. The average Bonchev–Trinajstić information content (AvgIpc) is 3.71. The molecule has 0 saturated heterocycles. The monoisotopic (exact) mass is 722 g/mol. The predicted molar refractivity (Wildman–Crippen MR) is 226 cm³/mol. The summed E-state index contributed by atoms with van der Waals surface area (Å²) in [6.07, 6.45) is 0.669. The molecule has 0 atom stereocenters. The number of aryl methyl sites for hydroxylation is 3. The number of hydrogen-bond acceptors (Lipinski definition) is 4. The first-order valence-corrected chi connectivity index (χ1v) is 18.8. The van der Waals surface area contributed by atoms with Crippen LogP contribution in [0.5, 0.6) is 17.2 Å². The lowest BCUT2D eigenvalue weighted by Crippen LogP contribution is -2.05. The van der Waals surface area contributed by atoms with E-state index in [1.54, 1.807) is 7.11 Å². The van der Waals surface area contributed by atoms with Crippen molar-refractivity contribution in [2.75, 3.05) is 20.3 Å². The SMILES string of the molecule is COCCCOc1c(-c2cc(C)cc(-n3c4ccccc4c4ccccc43)c2O)cc(C)cc1-c1cc(C)cc(-n2c3ccccc3c3ccccc32)c1O. The summed E-state index contributed by atoms with van der Waals surface area (Å²) in [5.74, 6) is 0.884. The molecular weight excluding hydrogens is 681 g/mol. The molecule has 2 heterocycles. The lowest BCUT2D eigenvalue weighted by molar-refractivity contribution is 0.172. The highest BCUT2D eigenvalue weighted by Crippen LogP contribution is 2.49. The highest BCUT2D eigenvalue weighted by molar-refractivity contribution is 6.11. The molecule has 0 aliphatic carbocycles. The first-order valence-electron chi connectivity index (χ1n) is 18.8. The van der Waals surface area contributed by atoms with Gasteiger partial charge in [0, 0.05) is 63.9 Å². The first kappa shape index (κ1) is 34.3. The zero-order valence-electron chi connectivity index (χ0n) is 31.4. The number of aromatic nitrogens is 2. The van der Waals surface area contributed by atoms with Gasteiger partial charge in [0.2, 0.25) is 0 Å². The summed E-state index contributed by atoms with van der Waals surface area (Å²) in [6.45, 7) is 7.08. The Morgan fingerprint density at radius 3 is 1.18 bits per heavy atom. The molecule has 0 amide bonds. The smallest absolute Gasteiger partial charge is 0.147 e. The molecule has 7 aromatic carbocycles. The maximum Gasteiger partial charge on any atom is 0.147 e. The molecule has 0 aliphatic rings. The van der Waals surface area contributed by atoms with Crippen LogP contribution in [0.1, 0.15) is 23.1 Å². The van der Waals surface area contributed by atoms with Crippen LogP contribution >= 0.6 is 0 Å². The van der Waals surface area contributed by atoms with Crippen molar-refractivity contribution >= 4 is 43.6 Å². The van der Waals surface area contributed by atoms with Crippen LogP contribution in [0.2, 0.25) is 0 Å². The fraction of sp³-hybridized carbons (Fsp3) is 0.143. The van der Waals surface area contributed by atoms with Crippen LogP contribution < -0.4 is 4.74 Å². The molecule has 0 bridgehead atoms. The van der Waals surface area contributed by atoms with Gasteiger partial charge in [-0.15, -0.1) is 0 Å². The third kappa shape index (κ3) is 5.69. The second kappa shape index (κ2) is 13.7. The summed E-state index contributed by atoms with van der Waals surface area (Å²) in [6, 6.07) is 45.5. The lowest BCUT2D eigenvalue weighted by atomic mass is 9.91. The Labute approximate surface area is 320 Å². The molecule has 0 unspecified atom stereocenters. The van der Waals surface area contributed by atoms with Gasteiger partial charge in [-0.2, -0.15) is 0 Å². The number of rotatable bonds is 9. The summed E-state index contributed by atoms with van der Waals surface area (Å²) in [7, 11) is 1.69. The quantitative estimate of drug-likeness (QED) is 0.146. The highest BCUT2D eigenvalue weighted by Gasteiger charge is 2.25. The second-order valence-electron chi connectivity index (χ2n) is 14.5. The van der Waals surface area contributed by atoms with Crippen molar-refractivity contribution < 1.29 is 19.7 Å². The molecular formula is C49H42N2O4. The molecule has 0 radical (unpaired) electrons. The minimum absolute atomic E-state index is 0.148. The number of para-hydroxylation sites is 4. The summed E-state index contributed by atoms with van der Waals surface area (Å²) < 4.78 is 16.4. The Hall–Kier alpha value is -6.50. The number of ether oxygens (including phenoxy) is 2. The van der Waals surface area contributed by atoms with Crippen LogP contribution in [0.3, 0.4) is 0 Å². The van der Waals surface area contributed by atoms with Crippen molar-refractivity contribution in [2.24, 2.45) is 0 Å². The summed E-state index contributed by atoms with van der Waals surface area (Å²) in [5, 5.41) is 29.4. The number of methoxy groups -OCH3 is 1. The molecule has 9 aromatic rings. The van der Waals surface area contributed by atoms with Crippen LogP contribution in [0.25, 0.3) is 77.2 Å². The van der Waals surface area contributed by atoms with E-state index in [-0.39, 0.29) is 11.5 Å². The normalized spacial score (nSPS) is 11.7. The summed E-state index contributed by atoms with van der Waals surface area (Å²) in [5.41, 5.74) is 11.2. The van der Waals surface area contributed by atoms with Crippen LogP contribution in [0.4, 0.5) is 0 Å². The maximum atomic E-state index is 12.5. The fourth-order valence-corrected chi connectivity index (χ4v) is 8.34. The van der Waals surface area contributed by atoms with Gasteiger partial charge in [-0.05, 0) is 98.1 Å². The van der Waals surface area contributed by atoms with Crippen molar-refractivity contribution in [2.45, 2.75) is 27.2 Å². The third-order valence-corrected chi connectivity index (χ3v) is 10.7. The number of fused-ring (bicyclic) bond motifs is 6. The van der Waals surface area contributed by atoms with E-state index in [1.165, 1.54) is 0 Å². The Bertz CT molecular complexity index is 2640. The predicted octanol–water partition coefficient (Wildman–Crippen LogP) is 12.0. The van der Waals surface area contributed by atoms with Gasteiger partial charge < -0.3 is 28.8 Å². The van der Waals surface area contributed by atoms with Crippen molar-refractivity contribution in [1.29, 1.82) is 0 Å². The van der Waals surface area contributed by atoms with Gasteiger partial charge in [-0.25, -0.2) is 0 Å². The minimum atomic E-state index is 0.148. The zero-order valence-corrected chi connectivity index (χ0v) is 31.4. The molecule has 0 aliphatic heterocycles. The third-order valence-electron chi connectivity index (χ3n) is 10.7. The van der Waals surface area contributed by atoms with Crippen LogP contribution in [-0.4, -0.2) is 39.7 Å². The first-order chi connectivity index (χ1) is 26.8. The number of hydrogen-bond donors (Lipinski definition) is 2. The van der Waals surface area contributed by atoms with Gasteiger partial charge in [0.25, 0.3) is 0 Å². The van der Waals surface area contributed by atoms with Gasteiger partial charge in [-0.3, -0.25) is 0 Å². The van der Waals surface area contributed by atoms with Gasteiger partial charge in [-0.1, -0.05) is 72.8 Å². The van der Waals surface area contributed by atoms with Crippen molar-refractivity contribution in [3.05, 3.63) is 150 Å². The molecule has 0 saturated carbocycles. The van der Waals surface area contributed by atoms with E-state index in [1.807, 2.05) is 55.5 Å². The van der Waals surface area contributed by atoms with Crippen molar-refractivity contribution in [3.63, 3.8) is 0 Å². The lowest BCUT2D eigenvalue weighted by Gasteiger charge is -2.22. The zero-order chi connectivity index (χ0) is 37.8. The Morgan fingerprint density at radius 1 is 0.455 bits per heavy atom. The number of aromatic hydroxyl groups is 2. The molecule has 272 valence electrons. The second-order valence-corrected chi connectivity index (χ2v) is 14.5. The number of phenolic OH excluding ortho intramolecular Hbond substituents is 2. The molecule has 2 N–H and O–H groups in total. The molecule has 9 rings (SSSR count). The van der Waals surface area contributed by atoms with Gasteiger partial charge in [0.05, 0.1) is 40.0 Å². The van der Waals surface area contributed by atoms with Crippen LogP contribution in [0.15, 0.2) is 133 Å². The maximum absolute atomic E-state index is 12.5. The Balaban J connectivity index is 1.30. The molecule has 2 aromatic heterocycles. The molecule has 6 nitrogen and oxygen atoms in total. The number of benzene rings is 7. The van der Waals surface area contributed by atoms with Crippen LogP contribution in [0, 0.1) is 20.8 Å². The highest BCUT2D eigenvalue weighted by atomic mass is 16.5. The van der Waals surface area contributed by atoms with Gasteiger partial charge >= 0.3 is 0 Å². The van der Waals surface area contributed by atoms with Crippen LogP contribution in [-0.2, 0) is 4.74 Å². The Kier molecular flexibility index (Phi) is 8.56. The molecule has 6 heteroatoms. The van der Waals surface area contributed by atoms with Crippen molar-refractivity contribution in [3.8, 4) is 50.9 Å². The molecule has 55 heavy (non-hydrogen) atoms. The number of phenols is 2. The minimum Gasteiger partial charge on any atom is -0.505 e. The molecule has 0 spiro atoms.